The number of nitriles is 2. The lowest BCUT2D eigenvalue weighted by molar-refractivity contribution is 0.145. The Morgan fingerprint density at radius 2 is 0.802 bits per heavy atom. The zero-order valence-electron chi connectivity index (χ0n) is 49.8. The Morgan fingerprint density at radius 3 is 1.09 bits per heavy atom. The summed E-state index contributed by atoms with van der Waals surface area (Å²) < 4.78 is 53.2. The van der Waals surface area contributed by atoms with Crippen molar-refractivity contribution in [2.75, 3.05) is 157 Å². The van der Waals surface area contributed by atoms with Gasteiger partial charge in [-0.2, -0.15) is 10.5 Å². The minimum atomic E-state index is -0.611. The summed E-state index contributed by atoms with van der Waals surface area (Å²) in [4.78, 5) is 18.6. The van der Waals surface area contributed by atoms with Crippen molar-refractivity contribution in [2.24, 2.45) is 0 Å². The Morgan fingerprint density at radius 1 is 0.488 bits per heavy atom. The Balaban J connectivity index is 0. The van der Waals surface area contributed by atoms with E-state index in [-0.39, 0.29) is 32.9 Å². The number of likely N-dealkylation sites (N-methyl/N-ethyl adjacent to an activating group) is 2. The average molecular weight is 1330 g/mol. The smallest absolute Gasteiger partial charge is 0.163 e. The van der Waals surface area contributed by atoms with E-state index < -0.39 is 21.6 Å². The Labute approximate surface area is 527 Å². The second-order valence-electron chi connectivity index (χ2n) is 18.7. The zero-order chi connectivity index (χ0) is 58.5. The van der Waals surface area contributed by atoms with E-state index in [0.717, 1.165) is 78.3 Å². The summed E-state index contributed by atoms with van der Waals surface area (Å²) in [5, 5.41) is 29.0. The molecular formula is C56H82Cl4N10O14S2. The van der Waals surface area contributed by atoms with E-state index in [9.17, 15) is 18.9 Å². The Hall–Kier alpha value is -5.86. The molecule has 14 N–H and O–H groups in total. The molecule has 2 aliphatic rings. The lowest BCUT2D eigenvalue weighted by Gasteiger charge is -2.32. The summed E-state index contributed by atoms with van der Waals surface area (Å²) in [5.74, 6) is 3.26. The fourth-order valence-corrected chi connectivity index (χ4v) is 9.31. The molecule has 0 atom stereocenters. The first-order valence-electron chi connectivity index (χ1n) is 25.3. The fraction of sp³-hybridized carbons (Fsp3) is 0.429. The molecule has 0 unspecified atom stereocenters. The number of rotatable bonds is 18. The first-order chi connectivity index (χ1) is 38.3. The van der Waals surface area contributed by atoms with Crippen LogP contribution in [0.5, 0.6) is 34.5 Å². The van der Waals surface area contributed by atoms with Crippen molar-refractivity contribution < 1.29 is 69.7 Å². The number of nitrogens with one attached hydrogen (secondary N) is 2. The highest BCUT2D eigenvalue weighted by molar-refractivity contribution is 7.83. The van der Waals surface area contributed by atoms with Crippen molar-refractivity contribution in [3.63, 3.8) is 0 Å². The lowest BCUT2D eigenvalue weighted by atomic mass is 10.1. The van der Waals surface area contributed by atoms with Crippen molar-refractivity contribution in [3.8, 4) is 46.6 Å². The van der Waals surface area contributed by atoms with E-state index in [4.69, 9.17) is 74.8 Å². The predicted molar refractivity (Wildman–Crippen MR) is 348 cm³/mol. The third-order valence-corrected chi connectivity index (χ3v) is 13.7. The third-order valence-electron chi connectivity index (χ3n) is 12.5. The van der Waals surface area contributed by atoms with Gasteiger partial charge in [-0.1, -0.05) is 46.4 Å². The SMILES string of the molecule is COc1cc(Nc2c(C#N)cnc3cc(OCCCN4CCN(C)CC4)c(OC)cc23)c(Cl)cc1Cl.COc1cc(Nc2c(C#N)cnc3cc(OCCCN4CCN(C)CC4)c(OC)cc23)c(Cl)cc1Cl.CS(C)=O.CS(C)=O.O.O.O.O.O.O. The normalized spacial score (nSPS) is 12.9. The van der Waals surface area contributed by atoms with Crippen LogP contribution in [0.4, 0.5) is 22.7 Å². The molecule has 8 rings (SSSR count). The van der Waals surface area contributed by atoms with Crippen molar-refractivity contribution in [3.05, 3.63) is 92.1 Å². The molecule has 4 aromatic carbocycles. The second-order valence-corrected chi connectivity index (χ2v) is 23.3. The van der Waals surface area contributed by atoms with Crippen molar-refractivity contribution in [1.29, 1.82) is 10.5 Å². The van der Waals surface area contributed by atoms with Gasteiger partial charge in [0.25, 0.3) is 0 Å². The van der Waals surface area contributed by atoms with Gasteiger partial charge in [0.05, 0.1) is 107 Å². The molecule has 0 spiro atoms. The summed E-state index contributed by atoms with van der Waals surface area (Å²) in [6.45, 7) is 11.8. The molecule has 480 valence electrons. The van der Waals surface area contributed by atoms with E-state index in [1.807, 2.05) is 24.3 Å². The van der Waals surface area contributed by atoms with Gasteiger partial charge < -0.3 is 91.5 Å². The number of halogens is 4. The number of piperazine rings is 2. The van der Waals surface area contributed by atoms with E-state index in [2.05, 4.69) is 66.4 Å². The largest absolute Gasteiger partial charge is 0.495 e. The molecule has 0 saturated carbocycles. The third kappa shape index (κ3) is 24.4. The minimum absolute atomic E-state index is 0. The predicted octanol–water partition coefficient (Wildman–Crippen LogP) is 5.42. The Kier molecular flexibility index (Phi) is 39.5. The molecule has 2 aliphatic heterocycles. The molecule has 2 fully saturated rings. The number of hydrogen-bond donors (Lipinski definition) is 2. The first kappa shape index (κ1) is 82.2. The molecule has 0 bridgehead atoms. The monoisotopic (exact) mass is 1320 g/mol. The van der Waals surface area contributed by atoms with Crippen LogP contribution in [0.15, 0.2) is 60.9 Å². The lowest BCUT2D eigenvalue weighted by Crippen LogP contribution is -2.44. The van der Waals surface area contributed by atoms with E-state index >= 15 is 0 Å². The van der Waals surface area contributed by atoms with Crippen molar-refractivity contribution in [1.82, 2.24) is 29.6 Å². The Bertz CT molecular complexity index is 2970. The fourth-order valence-electron chi connectivity index (χ4n) is 8.30. The summed E-state index contributed by atoms with van der Waals surface area (Å²) in [7, 11) is 9.32. The van der Waals surface area contributed by atoms with Crippen molar-refractivity contribution in [2.45, 2.75) is 12.8 Å². The van der Waals surface area contributed by atoms with Gasteiger partial charge in [0.1, 0.15) is 23.6 Å². The number of methoxy groups -OCH3 is 4. The molecule has 86 heavy (non-hydrogen) atoms. The standard InChI is InChI=1S/2C26H29Cl2N5O3.2C2H6OS.6H2O/c2*1-32-6-8-33(9-7-32)5-4-10-36-25-13-21-18(11-24(25)35-3)26(17(15-29)16-30-21)31-22-14-23(34-2)20(28)12-19(22)27;2*1-4(2)3;;;;;;/h2*11-14,16H,4-10H2,1-3H3,(H,30,31);2*1-2H3;6*1H2. The maximum absolute atomic E-state index is 9.75. The van der Waals surface area contributed by atoms with Gasteiger partial charge in [-0.3, -0.25) is 18.4 Å². The van der Waals surface area contributed by atoms with Crippen LogP contribution >= 0.6 is 46.4 Å². The molecular weight excluding hydrogens is 1240 g/mol. The first-order valence-corrected chi connectivity index (χ1v) is 30.8. The molecule has 24 nitrogen and oxygen atoms in total. The van der Waals surface area contributed by atoms with Crippen LogP contribution in [-0.2, 0) is 21.6 Å². The van der Waals surface area contributed by atoms with Crippen LogP contribution in [0.2, 0.25) is 20.1 Å². The summed E-state index contributed by atoms with van der Waals surface area (Å²) in [6.07, 6.45) is 11.4. The number of hydrogen-bond acceptors (Lipinski definition) is 18. The van der Waals surface area contributed by atoms with Crippen LogP contribution in [0.25, 0.3) is 21.8 Å². The molecule has 0 radical (unpaired) electrons. The molecule has 0 amide bonds. The van der Waals surface area contributed by atoms with Gasteiger partial charge >= 0.3 is 0 Å². The zero-order valence-corrected chi connectivity index (χ0v) is 54.5. The average Bonchev–Trinajstić information content (AvgIpc) is 3.30. The van der Waals surface area contributed by atoms with E-state index in [0.29, 0.717) is 123 Å². The second kappa shape index (κ2) is 41.3. The molecule has 4 heterocycles. The maximum atomic E-state index is 9.75. The summed E-state index contributed by atoms with van der Waals surface area (Å²) in [6, 6.07) is 18.2. The van der Waals surface area contributed by atoms with Crippen LogP contribution < -0.4 is 39.1 Å². The number of ether oxygens (including phenoxy) is 6. The maximum Gasteiger partial charge on any atom is 0.163 e. The highest BCUT2D eigenvalue weighted by atomic mass is 35.5. The van der Waals surface area contributed by atoms with Crippen molar-refractivity contribution >= 4 is 113 Å². The number of aromatic nitrogens is 2. The van der Waals surface area contributed by atoms with Gasteiger partial charge in [-0.15, -0.1) is 0 Å². The number of nitrogens with zero attached hydrogens (tertiary/aromatic N) is 8. The van der Waals surface area contributed by atoms with Gasteiger partial charge in [0.15, 0.2) is 23.0 Å². The molecule has 2 aromatic heterocycles. The van der Waals surface area contributed by atoms with E-state index in [1.54, 1.807) is 63.5 Å². The van der Waals surface area contributed by atoms with Gasteiger partial charge in [0.2, 0.25) is 0 Å². The topological polar surface area (TPSA) is 389 Å². The van der Waals surface area contributed by atoms with Crippen LogP contribution in [0.3, 0.4) is 0 Å². The number of fused-ring (bicyclic) bond motifs is 2. The van der Waals surface area contributed by atoms with Gasteiger partial charge in [-0.05, 0) is 51.2 Å². The minimum Gasteiger partial charge on any atom is -0.495 e. The number of benzene rings is 4. The molecule has 2 saturated heterocycles. The molecule has 0 aliphatic carbocycles. The van der Waals surface area contributed by atoms with Crippen LogP contribution in [0, 0.1) is 22.7 Å². The van der Waals surface area contributed by atoms with Gasteiger partial charge in [0, 0.05) is 160 Å². The number of pyridine rings is 2. The highest BCUT2D eigenvalue weighted by Crippen LogP contribution is 2.42. The van der Waals surface area contributed by atoms with Crippen LogP contribution in [0.1, 0.15) is 24.0 Å². The molecule has 6 aromatic rings. The summed E-state index contributed by atoms with van der Waals surface area (Å²) in [5.41, 5.74) is 4.22. The van der Waals surface area contributed by atoms with E-state index in [1.165, 1.54) is 26.6 Å². The number of anilines is 4. The quantitative estimate of drug-likeness (QED) is 0.101. The highest BCUT2D eigenvalue weighted by Gasteiger charge is 2.20. The van der Waals surface area contributed by atoms with Gasteiger partial charge in [-0.25, -0.2) is 0 Å². The van der Waals surface area contributed by atoms with Crippen LogP contribution in [-0.4, -0.2) is 217 Å². The molecule has 30 heteroatoms. The summed E-state index contributed by atoms with van der Waals surface area (Å²) >= 11 is 25.2.